The summed E-state index contributed by atoms with van der Waals surface area (Å²) in [7, 11) is 1.68. The second-order valence-corrected chi connectivity index (χ2v) is 5.78. The van der Waals surface area contributed by atoms with E-state index >= 15 is 0 Å². The number of thiazole rings is 1. The maximum Gasteiger partial charge on any atom is 0.307 e. The van der Waals surface area contributed by atoms with E-state index in [0.717, 1.165) is 22.6 Å². The number of aryl methyl sites for hydroxylation is 1. The van der Waals surface area contributed by atoms with Crippen molar-refractivity contribution in [3.63, 3.8) is 0 Å². The van der Waals surface area contributed by atoms with Crippen LogP contribution >= 0.6 is 11.3 Å². The minimum absolute atomic E-state index is 0.0240. The normalized spacial score (nSPS) is 12.2. The molecule has 1 heterocycles. The fourth-order valence-corrected chi connectivity index (χ4v) is 2.76. The van der Waals surface area contributed by atoms with E-state index in [-0.39, 0.29) is 29.2 Å². The van der Waals surface area contributed by atoms with Gasteiger partial charge in [-0.1, -0.05) is 23.5 Å². The average Bonchev–Trinajstić information content (AvgIpc) is 2.78. The van der Waals surface area contributed by atoms with Crippen molar-refractivity contribution < 1.29 is 9.18 Å². The molecule has 1 atom stereocenters. The van der Waals surface area contributed by atoms with Gasteiger partial charge in [-0.2, -0.15) is 0 Å². The van der Waals surface area contributed by atoms with Gasteiger partial charge >= 0.3 is 4.87 Å². The van der Waals surface area contributed by atoms with E-state index in [1.807, 2.05) is 6.92 Å². The molecule has 0 aliphatic rings. The third kappa shape index (κ3) is 3.39. The van der Waals surface area contributed by atoms with E-state index in [4.69, 9.17) is 0 Å². The van der Waals surface area contributed by atoms with Gasteiger partial charge in [-0.15, -0.1) is 0 Å². The average molecular weight is 308 g/mol. The van der Waals surface area contributed by atoms with Crippen molar-refractivity contribution in [2.75, 3.05) is 7.05 Å². The lowest BCUT2D eigenvalue weighted by Gasteiger charge is -2.25. The monoisotopic (exact) mass is 308 g/mol. The Morgan fingerprint density at radius 3 is 2.52 bits per heavy atom. The zero-order valence-corrected chi connectivity index (χ0v) is 13.0. The van der Waals surface area contributed by atoms with Crippen LogP contribution in [-0.4, -0.2) is 22.4 Å². The molecule has 1 aromatic carbocycles. The third-order valence-electron chi connectivity index (χ3n) is 3.60. The molecule has 4 nitrogen and oxygen atoms in total. The molecule has 0 bridgehead atoms. The van der Waals surface area contributed by atoms with Gasteiger partial charge in [-0.25, -0.2) is 4.39 Å². The molecule has 6 heteroatoms. The first-order chi connectivity index (χ1) is 9.90. The van der Waals surface area contributed by atoms with E-state index in [0.29, 0.717) is 0 Å². The maximum absolute atomic E-state index is 12.9. The molecule has 1 aromatic heterocycles. The van der Waals surface area contributed by atoms with Crippen molar-refractivity contribution in [1.82, 2.24) is 9.47 Å². The molecule has 2 aromatic rings. The summed E-state index contributed by atoms with van der Waals surface area (Å²) in [5.41, 5.74) is 1.63. The number of amides is 1. The first-order valence-electron chi connectivity index (χ1n) is 6.56. The number of nitrogens with zero attached hydrogens (tertiary/aromatic N) is 2. The maximum atomic E-state index is 12.9. The standard InChI is InChI=1S/C15H17FN2O2S/c1-10-9-21-15(20)18(10)8-14(19)17(3)11(2)12-4-6-13(16)7-5-12/h4-7,9,11H,8H2,1-3H3. The minimum Gasteiger partial charge on any atom is -0.337 e. The Balaban J connectivity index is 2.12. The topological polar surface area (TPSA) is 42.3 Å². The van der Waals surface area contributed by atoms with Gasteiger partial charge in [0.1, 0.15) is 12.4 Å². The van der Waals surface area contributed by atoms with Crippen LogP contribution in [0.3, 0.4) is 0 Å². The molecule has 0 radical (unpaired) electrons. The summed E-state index contributed by atoms with van der Waals surface area (Å²) in [6.45, 7) is 3.69. The molecule has 0 spiro atoms. The molecule has 0 aliphatic heterocycles. The molecule has 0 saturated heterocycles. The van der Waals surface area contributed by atoms with Gasteiger partial charge in [-0.05, 0) is 31.5 Å². The summed E-state index contributed by atoms with van der Waals surface area (Å²) < 4.78 is 14.4. The predicted octanol–water partition coefficient (Wildman–Crippen LogP) is 2.58. The number of hydrogen-bond donors (Lipinski definition) is 0. The van der Waals surface area contributed by atoms with Gasteiger partial charge < -0.3 is 4.90 Å². The van der Waals surface area contributed by atoms with Crippen molar-refractivity contribution in [3.8, 4) is 0 Å². The lowest BCUT2D eigenvalue weighted by molar-refractivity contribution is -0.132. The van der Waals surface area contributed by atoms with Crippen LogP contribution in [-0.2, 0) is 11.3 Å². The highest BCUT2D eigenvalue weighted by molar-refractivity contribution is 7.07. The number of carbonyl (C=O) groups excluding carboxylic acids is 1. The predicted molar refractivity (Wildman–Crippen MR) is 80.9 cm³/mol. The van der Waals surface area contributed by atoms with Crippen molar-refractivity contribution in [1.29, 1.82) is 0 Å². The molecule has 0 fully saturated rings. The number of benzene rings is 1. The fraction of sp³-hybridized carbons (Fsp3) is 0.333. The van der Waals surface area contributed by atoms with Gasteiger partial charge in [0.15, 0.2) is 0 Å². The molecule has 0 aliphatic carbocycles. The second-order valence-electron chi connectivity index (χ2n) is 4.96. The number of halogens is 1. The van der Waals surface area contributed by atoms with Gasteiger partial charge in [-0.3, -0.25) is 14.2 Å². The second kappa shape index (κ2) is 6.22. The SMILES string of the molecule is Cc1csc(=O)n1CC(=O)N(C)C(C)c1ccc(F)cc1. The number of carbonyl (C=O) groups is 1. The largest absolute Gasteiger partial charge is 0.337 e. The molecule has 0 saturated carbocycles. The summed E-state index contributed by atoms with van der Waals surface area (Å²) in [4.78, 5) is 25.4. The minimum atomic E-state index is -0.305. The third-order valence-corrected chi connectivity index (χ3v) is 4.48. The number of aromatic nitrogens is 1. The highest BCUT2D eigenvalue weighted by Gasteiger charge is 2.19. The van der Waals surface area contributed by atoms with E-state index < -0.39 is 0 Å². The smallest absolute Gasteiger partial charge is 0.307 e. The lowest BCUT2D eigenvalue weighted by atomic mass is 10.1. The molecule has 0 N–H and O–H groups in total. The van der Waals surface area contributed by atoms with Gasteiger partial charge in [0.05, 0.1) is 6.04 Å². The summed E-state index contributed by atoms with van der Waals surface area (Å²) in [5.74, 6) is -0.462. The first kappa shape index (κ1) is 15.4. The Kier molecular flexibility index (Phi) is 4.57. The summed E-state index contributed by atoms with van der Waals surface area (Å²) in [6, 6.07) is 5.88. The van der Waals surface area contributed by atoms with E-state index in [1.165, 1.54) is 16.7 Å². The number of rotatable bonds is 4. The zero-order chi connectivity index (χ0) is 15.6. The van der Waals surface area contributed by atoms with Crippen LogP contribution in [0, 0.1) is 12.7 Å². The van der Waals surface area contributed by atoms with E-state index in [9.17, 15) is 14.0 Å². The summed E-state index contributed by atoms with van der Waals surface area (Å²) >= 11 is 1.09. The molecule has 1 amide bonds. The van der Waals surface area contributed by atoms with Crippen molar-refractivity contribution in [3.05, 3.63) is 56.4 Å². The van der Waals surface area contributed by atoms with Crippen molar-refractivity contribution >= 4 is 17.2 Å². The Labute approximate surface area is 126 Å². The van der Waals surface area contributed by atoms with Crippen LogP contribution in [0.25, 0.3) is 0 Å². The summed E-state index contributed by atoms with van der Waals surface area (Å²) in [6.07, 6.45) is 0. The molecular weight excluding hydrogens is 291 g/mol. The van der Waals surface area contributed by atoms with Crippen LogP contribution in [0.15, 0.2) is 34.4 Å². The molecule has 1 unspecified atom stereocenters. The Morgan fingerprint density at radius 1 is 1.38 bits per heavy atom. The van der Waals surface area contributed by atoms with Gasteiger partial charge in [0, 0.05) is 18.1 Å². The van der Waals surface area contributed by atoms with Crippen LogP contribution < -0.4 is 4.87 Å². The Morgan fingerprint density at radius 2 is 2.00 bits per heavy atom. The van der Waals surface area contributed by atoms with Crippen molar-refractivity contribution in [2.24, 2.45) is 0 Å². The van der Waals surface area contributed by atoms with Crippen LogP contribution in [0.2, 0.25) is 0 Å². The Bertz CT molecular complexity index is 690. The van der Waals surface area contributed by atoms with Crippen LogP contribution in [0.4, 0.5) is 4.39 Å². The lowest BCUT2D eigenvalue weighted by Crippen LogP contribution is -2.34. The Hall–Kier alpha value is -1.95. The number of likely N-dealkylation sites (N-methyl/N-ethyl adjacent to an activating group) is 1. The molecule has 21 heavy (non-hydrogen) atoms. The van der Waals surface area contributed by atoms with Crippen LogP contribution in [0.1, 0.15) is 24.2 Å². The quantitative estimate of drug-likeness (QED) is 0.871. The zero-order valence-electron chi connectivity index (χ0n) is 12.2. The van der Waals surface area contributed by atoms with E-state index in [1.54, 1.807) is 36.4 Å². The van der Waals surface area contributed by atoms with Gasteiger partial charge in [0.25, 0.3) is 0 Å². The molecule has 112 valence electrons. The number of hydrogen-bond acceptors (Lipinski definition) is 3. The van der Waals surface area contributed by atoms with Gasteiger partial charge in [0.2, 0.25) is 5.91 Å². The van der Waals surface area contributed by atoms with E-state index in [2.05, 4.69) is 0 Å². The highest BCUT2D eigenvalue weighted by atomic mass is 32.1. The molecule has 2 rings (SSSR count). The van der Waals surface area contributed by atoms with Crippen molar-refractivity contribution in [2.45, 2.75) is 26.4 Å². The fourth-order valence-electron chi connectivity index (χ4n) is 2.02. The molecular formula is C15H17FN2O2S. The first-order valence-corrected chi connectivity index (χ1v) is 7.44. The highest BCUT2D eigenvalue weighted by Crippen LogP contribution is 2.19. The summed E-state index contributed by atoms with van der Waals surface area (Å²) in [5, 5.41) is 1.74. The van der Waals surface area contributed by atoms with Crippen LogP contribution in [0.5, 0.6) is 0 Å².